The van der Waals surface area contributed by atoms with E-state index >= 15 is 0 Å². The van der Waals surface area contributed by atoms with E-state index in [-0.39, 0.29) is 17.3 Å². The zero-order valence-corrected chi connectivity index (χ0v) is 11.8. The summed E-state index contributed by atoms with van der Waals surface area (Å²) in [6.45, 7) is 7.79. The molecule has 1 heterocycles. The molecule has 1 rings (SSSR count). The molecule has 0 radical (unpaired) electrons. The minimum absolute atomic E-state index is 0.0344. The molecule has 0 amide bonds. The van der Waals surface area contributed by atoms with E-state index in [9.17, 15) is 8.42 Å². The second kappa shape index (κ2) is 5.65. The van der Waals surface area contributed by atoms with E-state index in [1.54, 1.807) is 0 Å². The molecule has 6 heteroatoms. The molecule has 1 aliphatic rings. The van der Waals surface area contributed by atoms with Crippen molar-refractivity contribution in [1.29, 1.82) is 0 Å². The summed E-state index contributed by atoms with van der Waals surface area (Å²) in [5.41, 5.74) is 5.54. The summed E-state index contributed by atoms with van der Waals surface area (Å²) in [7, 11) is -3.16. The van der Waals surface area contributed by atoms with Crippen LogP contribution >= 0.6 is 0 Å². The van der Waals surface area contributed by atoms with Crippen LogP contribution in [-0.4, -0.2) is 50.8 Å². The van der Waals surface area contributed by atoms with Gasteiger partial charge in [-0.2, -0.15) is 4.31 Å². The fraction of sp³-hybridized carbons (Fsp3) is 1.00. The van der Waals surface area contributed by atoms with E-state index in [2.05, 4.69) is 0 Å². The molecular formula is C11H24N2O3S. The van der Waals surface area contributed by atoms with Crippen LogP contribution in [0.1, 0.15) is 27.2 Å². The number of hydrogen-bond donors (Lipinski definition) is 1. The van der Waals surface area contributed by atoms with Crippen LogP contribution in [0.25, 0.3) is 0 Å². The highest BCUT2D eigenvalue weighted by molar-refractivity contribution is 7.89. The Morgan fingerprint density at radius 3 is 2.59 bits per heavy atom. The van der Waals surface area contributed by atoms with Crippen molar-refractivity contribution in [1.82, 2.24) is 4.31 Å². The Balaban J connectivity index is 2.57. The maximum atomic E-state index is 12.1. The SMILES string of the molecule is CC(C)(C)CCS(=O)(=O)N1CCOC(CN)C1. The summed E-state index contributed by atoms with van der Waals surface area (Å²) in [5.74, 6) is 0.202. The molecule has 1 unspecified atom stereocenters. The second-order valence-corrected chi connectivity index (χ2v) is 7.80. The van der Waals surface area contributed by atoms with Crippen molar-refractivity contribution < 1.29 is 13.2 Å². The zero-order valence-electron chi connectivity index (χ0n) is 11.0. The van der Waals surface area contributed by atoms with Gasteiger partial charge in [0.2, 0.25) is 10.0 Å². The van der Waals surface area contributed by atoms with E-state index in [1.807, 2.05) is 20.8 Å². The van der Waals surface area contributed by atoms with Crippen LogP contribution < -0.4 is 5.73 Å². The minimum atomic E-state index is -3.16. The number of nitrogens with two attached hydrogens (primary N) is 1. The number of hydrogen-bond acceptors (Lipinski definition) is 4. The van der Waals surface area contributed by atoms with Gasteiger partial charge in [-0.25, -0.2) is 8.42 Å². The van der Waals surface area contributed by atoms with Gasteiger partial charge in [0.1, 0.15) is 0 Å². The number of nitrogens with zero attached hydrogens (tertiary/aromatic N) is 1. The van der Waals surface area contributed by atoms with Crippen LogP contribution in [0, 0.1) is 5.41 Å². The first kappa shape index (κ1) is 14.9. The van der Waals surface area contributed by atoms with Crippen LogP contribution in [0.3, 0.4) is 0 Å². The largest absolute Gasteiger partial charge is 0.374 e. The average Bonchev–Trinajstić information content (AvgIpc) is 2.26. The van der Waals surface area contributed by atoms with Crippen LogP contribution in [0.5, 0.6) is 0 Å². The molecule has 5 nitrogen and oxygen atoms in total. The third kappa shape index (κ3) is 4.91. The van der Waals surface area contributed by atoms with Crippen molar-refractivity contribution in [2.45, 2.75) is 33.3 Å². The lowest BCUT2D eigenvalue weighted by molar-refractivity contribution is 0.00446. The van der Waals surface area contributed by atoms with E-state index in [0.717, 1.165) is 0 Å². The maximum absolute atomic E-state index is 12.1. The molecule has 1 aliphatic heterocycles. The highest BCUT2D eigenvalue weighted by Gasteiger charge is 2.29. The number of rotatable bonds is 4. The van der Waals surface area contributed by atoms with Gasteiger partial charge >= 0.3 is 0 Å². The zero-order chi connectivity index (χ0) is 13.1. The Bertz CT molecular complexity index is 335. The molecule has 1 fully saturated rings. The van der Waals surface area contributed by atoms with Crippen LogP contribution in [-0.2, 0) is 14.8 Å². The first-order valence-electron chi connectivity index (χ1n) is 6.04. The lowest BCUT2D eigenvalue weighted by Crippen LogP contribution is -2.48. The Morgan fingerprint density at radius 2 is 2.06 bits per heavy atom. The lowest BCUT2D eigenvalue weighted by Gasteiger charge is -2.32. The standard InChI is InChI=1S/C11H24N2O3S/c1-11(2,3)4-7-17(14,15)13-5-6-16-10(8-12)9-13/h10H,4-9,12H2,1-3H3. The average molecular weight is 264 g/mol. The molecule has 102 valence electrons. The Kier molecular flexibility index (Phi) is 4.95. The van der Waals surface area contributed by atoms with Crippen molar-refractivity contribution in [2.24, 2.45) is 11.1 Å². The van der Waals surface area contributed by atoms with Crippen LogP contribution in [0.4, 0.5) is 0 Å². The first-order chi connectivity index (χ1) is 7.74. The van der Waals surface area contributed by atoms with Gasteiger partial charge in [-0.15, -0.1) is 0 Å². The van der Waals surface area contributed by atoms with Gasteiger partial charge in [0.25, 0.3) is 0 Å². The Labute approximate surface area is 104 Å². The number of ether oxygens (including phenoxy) is 1. The van der Waals surface area contributed by atoms with E-state index in [0.29, 0.717) is 32.7 Å². The van der Waals surface area contributed by atoms with E-state index < -0.39 is 10.0 Å². The summed E-state index contributed by atoms with van der Waals surface area (Å²) >= 11 is 0. The summed E-state index contributed by atoms with van der Waals surface area (Å²) in [6, 6.07) is 0. The van der Waals surface area contributed by atoms with Gasteiger partial charge < -0.3 is 10.5 Å². The predicted octanol–water partition coefficient (Wildman–Crippen LogP) is 0.412. The molecule has 2 N–H and O–H groups in total. The molecule has 0 aromatic carbocycles. The van der Waals surface area contributed by atoms with Crippen molar-refractivity contribution in [3.63, 3.8) is 0 Å². The molecule has 1 atom stereocenters. The van der Waals surface area contributed by atoms with Crippen molar-refractivity contribution >= 4 is 10.0 Å². The normalized spacial score (nSPS) is 23.9. The summed E-state index contributed by atoms with van der Waals surface area (Å²) < 4.78 is 31.1. The van der Waals surface area contributed by atoms with Gasteiger partial charge in [0.05, 0.1) is 18.5 Å². The van der Waals surface area contributed by atoms with Crippen molar-refractivity contribution in [3.05, 3.63) is 0 Å². The number of sulfonamides is 1. The third-order valence-corrected chi connectivity index (χ3v) is 4.71. The molecular weight excluding hydrogens is 240 g/mol. The minimum Gasteiger partial charge on any atom is -0.374 e. The first-order valence-corrected chi connectivity index (χ1v) is 7.65. The van der Waals surface area contributed by atoms with Crippen LogP contribution in [0.15, 0.2) is 0 Å². The summed E-state index contributed by atoms with van der Waals surface area (Å²) in [6.07, 6.45) is 0.508. The monoisotopic (exact) mass is 264 g/mol. The summed E-state index contributed by atoms with van der Waals surface area (Å²) in [5, 5.41) is 0. The molecule has 0 aromatic heterocycles. The smallest absolute Gasteiger partial charge is 0.214 e. The number of morpholine rings is 1. The summed E-state index contributed by atoms with van der Waals surface area (Å²) in [4.78, 5) is 0. The quantitative estimate of drug-likeness (QED) is 0.798. The van der Waals surface area contributed by atoms with Gasteiger partial charge in [0, 0.05) is 19.6 Å². The van der Waals surface area contributed by atoms with Gasteiger partial charge in [-0.3, -0.25) is 0 Å². The fourth-order valence-corrected chi connectivity index (χ4v) is 3.53. The van der Waals surface area contributed by atoms with E-state index in [1.165, 1.54) is 4.31 Å². The van der Waals surface area contributed by atoms with Crippen molar-refractivity contribution in [2.75, 3.05) is 32.0 Å². The highest BCUT2D eigenvalue weighted by Crippen LogP contribution is 2.21. The van der Waals surface area contributed by atoms with E-state index in [4.69, 9.17) is 10.5 Å². The second-order valence-electron chi connectivity index (χ2n) is 5.71. The van der Waals surface area contributed by atoms with Gasteiger partial charge in [-0.1, -0.05) is 20.8 Å². The molecule has 1 saturated heterocycles. The van der Waals surface area contributed by atoms with Crippen LogP contribution in [0.2, 0.25) is 0 Å². The fourth-order valence-electron chi connectivity index (χ4n) is 1.65. The van der Waals surface area contributed by atoms with Crippen molar-refractivity contribution in [3.8, 4) is 0 Å². The Morgan fingerprint density at radius 1 is 1.41 bits per heavy atom. The molecule has 0 spiro atoms. The van der Waals surface area contributed by atoms with Gasteiger partial charge in [0.15, 0.2) is 0 Å². The molecule has 0 saturated carbocycles. The molecule has 0 bridgehead atoms. The lowest BCUT2D eigenvalue weighted by atomic mass is 9.94. The topological polar surface area (TPSA) is 72.6 Å². The maximum Gasteiger partial charge on any atom is 0.214 e. The molecule has 17 heavy (non-hydrogen) atoms. The highest BCUT2D eigenvalue weighted by atomic mass is 32.2. The van der Waals surface area contributed by atoms with Gasteiger partial charge in [-0.05, 0) is 11.8 Å². The predicted molar refractivity (Wildman–Crippen MR) is 68.2 cm³/mol. The molecule has 0 aromatic rings. The third-order valence-electron chi connectivity index (χ3n) is 2.87. The molecule has 0 aliphatic carbocycles. The Hall–Kier alpha value is -0.170.